The normalized spacial score (nSPS) is 15.5. The van der Waals surface area contributed by atoms with Crippen LogP contribution < -0.4 is 19.9 Å². The van der Waals surface area contributed by atoms with Crippen LogP contribution in [0.1, 0.15) is 12.0 Å². The highest BCUT2D eigenvalue weighted by Crippen LogP contribution is 2.30. The third-order valence-electron chi connectivity index (χ3n) is 5.55. The van der Waals surface area contributed by atoms with Crippen LogP contribution in [0.5, 0.6) is 5.75 Å². The molecule has 1 unspecified atom stereocenters. The van der Waals surface area contributed by atoms with Gasteiger partial charge in [-0.15, -0.1) is 38.0 Å². The van der Waals surface area contributed by atoms with E-state index in [4.69, 9.17) is 9.97 Å². The van der Waals surface area contributed by atoms with Gasteiger partial charge in [-0.1, -0.05) is 34.1 Å². The molecule has 2 heterocycles. The van der Waals surface area contributed by atoms with Crippen molar-refractivity contribution in [3.63, 3.8) is 0 Å². The number of halogens is 6. The molecule has 0 radical (unpaired) electrons. The lowest BCUT2D eigenvalue weighted by atomic mass is 10.1. The maximum absolute atomic E-state index is 12.7. The molecule has 0 amide bonds. The van der Waals surface area contributed by atoms with E-state index in [9.17, 15) is 13.2 Å². The topological polar surface area (TPSA) is 53.5 Å². The van der Waals surface area contributed by atoms with Crippen LogP contribution in [0, 0.1) is 0 Å². The van der Waals surface area contributed by atoms with Gasteiger partial charge in [0.2, 0.25) is 5.95 Å². The number of para-hydroxylation sites is 1. The van der Waals surface area contributed by atoms with Gasteiger partial charge in [0.15, 0.2) is 0 Å². The maximum atomic E-state index is 12.7. The zero-order chi connectivity index (χ0) is 23.6. The van der Waals surface area contributed by atoms with Crippen LogP contribution in [0.4, 0.5) is 24.9 Å². The lowest BCUT2D eigenvalue weighted by Gasteiger charge is -2.21. The summed E-state index contributed by atoms with van der Waals surface area (Å²) in [4.78, 5) is 13.7. The van der Waals surface area contributed by atoms with Crippen molar-refractivity contribution in [3.8, 4) is 5.75 Å². The second-order valence-corrected chi connectivity index (χ2v) is 9.11. The summed E-state index contributed by atoms with van der Waals surface area (Å²) in [5, 5.41) is 4.46. The van der Waals surface area contributed by atoms with Gasteiger partial charge in [-0.25, -0.2) is 4.98 Å². The molecular weight excluding hydrogens is 570 g/mol. The fourth-order valence-electron chi connectivity index (χ4n) is 4.00. The van der Waals surface area contributed by atoms with Gasteiger partial charge in [-0.3, -0.25) is 0 Å². The molecule has 1 saturated heterocycles. The fourth-order valence-corrected chi connectivity index (χ4v) is 4.34. The first-order valence-corrected chi connectivity index (χ1v) is 11.5. The van der Waals surface area contributed by atoms with Crippen molar-refractivity contribution in [1.29, 1.82) is 0 Å². The number of ether oxygens (including phenoxy) is 1. The predicted molar refractivity (Wildman–Crippen MR) is 142 cm³/mol. The summed E-state index contributed by atoms with van der Waals surface area (Å²) >= 11 is 3.20. The molecule has 35 heavy (non-hydrogen) atoms. The second-order valence-electron chi connectivity index (χ2n) is 8.19. The Morgan fingerprint density at radius 3 is 2.60 bits per heavy atom. The van der Waals surface area contributed by atoms with Crippen LogP contribution in [0.3, 0.4) is 0 Å². The number of aromatic nitrogens is 2. The highest BCUT2D eigenvalue weighted by Gasteiger charge is 2.32. The van der Waals surface area contributed by atoms with Crippen molar-refractivity contribution >= 4 is 63.4 Å². The Hall–Kier alpha value is -2.01. The zero-order valence-corrected chi connectivity index (χ0v) is 22.4. The molecule has 1 N–H and O–H groups in total. The third-order valence-corrected chi connectivity index (χ3v) is 6.04. The summed E-state index contributed by atoms with van der Waals surface area (Å²) in [6.45, 7) is 2.08. The molecular formula is C23H27BrCl2F3N5O. The van der Waals surface area contributed by atoms with Crippen LogP contribution in [0.15, 0.2) is 46.9 Å². The van der Waals surface area contributed by atoms with Crippen molar-refractivity contribution in [3.05, 3.63) is 52.5 Å². The molecule has 0 bridgehead atoms. The minimum Gasteiger partial charge on any atom is -0.405 e. The highest BCUT2D eigenvalue weighted by atomic mass is 79.9. The average Bonchev–Trinajstić information content (AvgIpc) is 3.22. The number of rotatable bonds is 7. The van der Waals surface area contributed by atoms with E-state index in [1.54, 1.807) is 12.1 Å². The summed E-state index contributed by atoms with van der Waals surface area (Å²) in [5.41, 5.74) is 1.40. The van der Waals surface area contributed by atoms with Gasteiger partial charge < -0.3 is 19.9 Å². The van der Waals surface area contributed by atoms with E-state index >= 15 is 0 Å². The Bertz CT molecular complexity index is 1140. The minimum absolute atomic E-state index is 0. The molecule has 0 aliphatic carbocycles. The zero-order valence-electron chi connectivity index (χ0n) is 19.2. The second kappa shape index (κ2) is 12.3. The molecule has 192 valence electrons. The van der Waals surface area contributed by atoms with Gasteiger partial charge >= 0.3 is 6.36 Å². The fraction of sp³-hybridized carbons (Fsp3) is 0.391. The molecule has 1 atom stereocenters. The van der Waals surface area contributed by atoms with E-state index in [0.29, 0.717) is 29.0 Å². The Morgan fingerprint density at radius 1 is 1.14 bits per heavy atom. The monoisotopic (exact) mass is 595 g/mol. The van der Waals surface area contributed by atoms with E-state index in [2.05, 4.69) is 30.9 Å². The van der Waals surface area contributed by atoms with Crippen molar-refractivity contribution in [2.75, 3.05) is 43.5 Å². The Balaban J connectivity index is 0.00000216. The molecule has 6 nitrogen and oxygen atoms in total. The quantitative estimate of drug-likeness (QED) is 0.383. The molecule has 12 heteroatoms. The summed E-state index contributed by atoms with van der Waals surface area (Å²) in [6, 6.07) is 12.9. The SMILES string of the molecule is CN(C)c1nc(N2CCC(NCCc3ccc(Br)cc3OC(F)(F)F)C2)nc2ccccc12.Cl.Cl. The van der Waals surface area contributed by atoms with Crippen molar-refractivity contribution < 1.29 is 17.9 Å². The number of fused-ring (bicyclic) bond motifs is 1. The van der Waals surface area contributed by atoms with E-state index in [1.807, 2.05) is 43.3 Å². The Morgan fingerprint density at radius 2 is 1.89 bits per heavy atom. The van der Waals surface area contributed by atoms with E-state index < -0.39 is 6.36 Å². The number of nitrogens with zero attached hydrogens (tertiary/aromatic N) is 4. The molecule has 0 spiro atoms. The first kappa shape index (κ1) is 29.2. The van der Waals surface area contributed by atoms with Crippen molar-refractivity contribution in [2.45, 2.75) is 25.2 Å². The molecule has 4 rings (SSSR count). The highest BCUT2D eigenvalue weighted by molar-refractivity contribution is 9.10. The largest absolute Gasteiger partial charge is 0.573 e. The van der Waals surface area contributed by atoms with Gasteiger partial charge in [-0.05, 0) is 49.2 Å². The van der Waals surface area contributed by atoms with Crippen LogP contribution in [-0.4, -0.2) is 56.1 Å². The van der Waals surface area contributed by atoms with E-state index in [0.717, 1.165) is 36.2 Å². The maximum Gasteiger partial charge on any atom is 0.573 e. The number of alkyl halides is 3. The van der Waals surface area contributed by atoms with Gasteiger partial charge in [0.05, 0.1) is 5.52 Å². The Labute approximate surface area is 223 Å². The van der Waals surface area contributed by atoms with Crippen molar-refractivity contribution in [1.82, 2.24) is 15.3 Å². The number of nitrogens with one attached hydrogen (secondary N) is 1. The van der Waals surface area contributed by atoms with Gasteiger partial charge in [0.1, 0.15) is 11.6 Å². The third kappa shape index (κ3) is 7.49. The number of benzene rings is 2. The number of hydrogen-bond donors (Lipinski definition) is 1. The smallest absolute Gasteiger partial charge is 0.405 e. The Kier molecular flexibility index (Phi) is 10.3. The molecule has 0 saturated carbocycles. The van der Waals surface area contributed by atoms with Crippen molar-refractivity contribution in [2.24, 2.45) is 0 Å². The predicted octanol–water partition coefficient (Wildman–Crippen LogP) is 5.61. The van der Waals surface area contributed by atoms with Gasteiger partial charge in [-0.2, -0.15) is 4.98 Å². The van der Waals surface area contributed by atoms with Crippen LogP contribution in [-0.2, 0) is 6.42 Å². The molecule has 1 aromatic heterocycles. The molecule has 2 aromatic carbocycles. The number of anilines is 2. The molecule has 1 aliphatic heterocycles. The first-order valence-electron chi connectivity index (χ1n) is 10.7. The number of hydrogen-bond acceptors (Lipinski definition) is 6. The lowest BCUT2D eigenvalue weighted by molar-refractivity contribution is -0.274. The van der Waals surface area contributed by atoms with E-state index in [1.165, 1.54) is 6.07 Å². The molecule has 1 fully saturated rings. The van der Waals surface area contributed by atoms with Crippen LogP contribution in [0.25, 0.3) is 10.9 Å². The van der Waals surface area contributed by atoms with Crippen LogP contribution in [0.2, 0.25) is 0 Å². The summed E-state index contributed by atoms with van der Waals surface area (Å²) < 4.78 is 42.9. The van der Waals surface area contributed by atoms with Gasteiger partial charge in [0.25, 0.3) is 0 Å². The average molecular weight is 597 g/mol. The standard InChI is InChI=1S/C23H25BrF3N5O.2ClH/c1-31(2)21-18-5-3-4-6-19(18)29-22(30-21)32-12-10-17(14-32)28-11-9-15-7-8-16(24)13-20(15)33-23(25,26)27;;/h3-8,13,17,28H,9-12,14H2,1-2H3;2*1H. The summed E-state index contributed by atoms with van der Waals surface area (Å²) in [6.07, 6.45) is -3.40. The van der Waals surface area contributed by atoms with Gasteiger partial charge in [0, 0.05) is 43.1 Å². The summed E-state index contributed by atoms with van der Waals surface area (Å²) in [5.74, 6) is 1.39. The minimum atomic E-state index is -4.72. The molecule has 3 aromatic rings. The van der Waals surface area contributed by atoms with Crippen LogP contribution >= 0.6 is 40.7 Å². The summed E-state index contributed by atoms with van der Waals surface area (Å²) in [7, 11) is 3.93. The molecule has 1 aliphatic rings. The lowest BCUT2D eigenvalue weighted by Crippen LogP contribution is -2.34. The first-order chi connectivity index (χ1) is 15.7. The van der Waals surface area contributed by atoms with E-state index in [-0.39, 0.29) is 36.6 Å².